The number of nitrogens with one attached hydrogen (secondary N) is 1. The van der Waals surface area contributed by atoms with Crippen molar-refractivity contribution in [1.29, 1.82) is 0 Å². The van der Waals surface area contributed by atoms with E-state index >= 15 is 0 Å². The van der Waals surface area contributed by atoms with Crippen LogP contribution in [0.4, 0.5) is 0 Å². The summed E-state index contributed by atoms with van der Waals surface area (Å²) in [5, 5.41) is 5.32. The molecule has 0 spiro atoms. The van der Waals surface area contributed by atoms with Crippen LogP contribution in [-0.2, 0) is 13.1 Å². The van der Waals surface area contributed by atoms with Crippen molar-refractivity contribution in [3.05, 3.63) is 70.9 Å². The van der Waals surface area contributed by atoms with E-state index in [1.165, 1.54) is 16.5 Å². The molecule has 0 fully saturated rings. The highest BCUT2D eigenvalue weighted by molar-refractivity contribution is 6.31. The van der Waals surface area contributed by atoms with E-state index in [4.69, 9.17) is 11.6 Å². The molecular weight excluding hydrogens is 268 g/mol. The van der Waals surface area contributed by atoms with Crippen molar-refractivity contribution >= 4 is 22.5 Å². The van der Waals surface area contributed by atoms with E-state index in [1.54, 1.807) is 0 Å². The molecule has 0 unspecified atom stereocenters. The first-order chi connectivity index (χ1) is 9.79. The fourth-order valence-electron chi connectivity index (χ4n) is 2.62. The van der Waals surface area contributed by atoms with Gasteiger partial charge in [-0.25, -0.2) is 0 Å². The largest absolute Gasteiger partial charge is 0.343 e. The summed E-state index contributed by atoms with van der Waals surface area (Å²) in [6.45, 7) is 1.66. The molecule has 0 saturated carbocycles. The number of rotatable bonds is 4. The highest BCUT2D eigenvalue weighted by atomic mass is 35.5. The molecule has 3 rings (SSSR count). The van der Waals surface area contributed by atoms with Crippen molar-refractivity contribution in [3.8, 4) is 0 Å². The summed E-state index contributed by atoms with van der Waals surface area (Å²) in [5.41, 5.74) is 3.73. The predicted molar refractivity (Wildman–Crippen MR) is 85.3 cm³/mol. The van der Waals surface area contributed by atoms with Gasteiger partial charge in [0.1, 0.15) is 0 Å². The Labute approximate surface area is 124 Å². The minimum absolute atomic E-state index is 0.796. The van der Waals surface area contributed by atoms with Crippen LogP contribution in [0.3, 0.4) is 0 Å². The number of halogens is 1. The Kier molecular flexibility index (Phi) is 3.77. The van der Waals surface area contributed by atoms with E-state index in [-0.39, 0.29) is 0 Å². The van der Waals surface area contributed by atoms with Crippen LogP contribution in [0.25, 0.3) is 10.9 Å². The molecule has 3 heteroatoms. The minimum atomic E-state index is 0.796. The van der Waals surface area contributed by atoms with Gasteiger partial charge in [0.2, 0.25) is 0 Å². The van der Waals surface area contributed by atoms with Crippen molar-refractivity contribution in [2.24, 2.45) is 0 Å². The van der Waals surface area contributed by atoms with Crippen LogP contribution in [-0.4, -0.2) is 11.6 Å². The summed E-state index contributed by atoms with van der Waals surface area (Å²) >= 11 is 6.27. The zero-order valence-electron chi connectivity index (χ0n) is 11.4. The smallest absolute Gasteiger partial charge is 0.0529 e. The molecular formula is C17H17ClN2. The van der Waals surface area contributed by atoms with Crippen molar-refractivity contribution < 1.29 is 0 Å². The second-order valence-electron chi connectivity index (χ2n) is 4.92. The number of benzene rings is 2. The van der Waals surface area contributed by atoms with Gasteiger partial charge in [0.05, 0.1) is 5.52 Å². The Morgan fingerprint density at radius 3 is 2.60 bits per heavy atom. The second-order valence-corrected chi connectivity index (χ2v) is 5.33. The zero-order valence-corrected chi connectivity index (χ0v) is 12.2. The van der Waals surface area contributed by atoms with Crippen LogP contribution in [0, 0.1) is 0 Å². The number of nitrogens with zero attached hydrogens (tertiary/aromatic N) is 1. The van der Waals surface area contributed by atoms with Gasteiger partial charge in [0.15, 0.2) is 0 Å². The lowest BCUT2D eigenvalue weighted by atomic mass is 10.1. The molecule has 0 bridgehead atoms. The maximum Gasteiger partial charge on any atom is 0.0529 e. The topological polar surface area (TPSA) is 17.0 Å². The molecule has 1 N–H and O–H groups in total. The molecule has 102 valence electrons. The maximum atomic E-state index is 6.27. The predicted octanol–water partition coefficient (Wildman–Crippen LogP) is 4.06. The monoisotopic (exact) mass is 284 g/mol. The molecule has 0 radical (unpaired) electrons. The maximum absolute atomic E-state index is 6.27. The number of fused-ring (bicyclic) bond motifs is 1. The zero-order chi connectivity index (χ0) is 13.9. The van der Waals surface area contributed by atoms with E-state index < -0.39 is 0 Å². The third-order valence-corrected chi connectivity index (χ3v) is 3.91. The van der Waals surface area contributed by atoms with Gasteiger partial charge in [0, 0.05) is 24.3 Å². The summed E-state index contributed by atoms with van der Waals surface area (Å²) in [7, 11) is 1.97. The van der Waals surface area contributed by atoms with Gasteiger partial charge in [-0.2, -0.15) is 0 Å². The Balaban J connectivity index is 2.06. The summed E-state index contributed by atoms with van der Waals surface area (Å²) in [6, 6.07) is 16.6. The van der Waals surface area contributed by atoms with Gasteiger partial charge in [-0.05, 0) is 35.7 Å². The number of para-hydroxylation sites is 1. The van der Waals surface area contributed by atoms with Gasteiger partial charge < -0.3 is 9.88 Å². The lowest BCUT2D eigenvalue weighted by Crippen LogP contribution is -2.08. The van der Waals surface area contributed by atoms with Gasteiger partial charge in [-0.15, -0.1) is 0 Å². The first kappa shape index (κ1) is 13.2. The fourth-order valence-corrected chi connectivity index (χ4v) is 2.81. The van der Waals surface area contributed by atoms with Gasteiger partial charge in [-0.3, -0.25) is 0 Å². The van der Waals surface area contributed by atoms with Crippen LogP contribution >= 0.6 is 11.6 Å². The Morgan fingerprint density at radius 1 is 1.00 bits per heavy atom. The number of aromatic nitrogens is 1. The number of hydrogen-bond donors (Lipinski definition) is 1. The lowest BCUT2D eigenvalue weighted by molar-refractivity contribution is 0.796. The van der Waals surface area contributed by atoms with Crippen LogP contribution < -0.4 is 5.32 Å². The standard InChI is InChI=1S/C17H17ClN2/c1-19-11-14-7-4-6-13-9-10-20(17(13)14)12-15-5-2-3-8-16(15)18/h2-10,19H,11-12H2,1H3. The molecule has 2 aromatic carbocycles. The third kappa shape index (κ3) is 2.45. The molecule has 0 aliphatic carbocycles. The molecule has 3 aromatic rings. The molecule has 2 nitrogen and oxygen atoms in total. The van der Waals surface area contributed by atoms with Crippen LogP contribution in [0.5, 0.6) is 0 Å². The van der Waals surface area contributed by atoms with Gasteiger partial charge >= 0.3 is 0 Å². The van der Waals surface area contributed by atoms with E-state index in [9.17, 15) is 0 Å². The fraction of sp³-hybridized carbons (Fsp3) is 0.176. The molecule has 1 aromatic heterocycles. The molecule has 0 atom stereocenters. The Morgan fingerprint density at radius 2 is 1.80 bits per heavy atom. The van der Waals surface area contributed by atoms with Crippen molar-refractivity contribution in [3.63, 3.8) is 0 Å². The van der Waals surface area contributed by atoms with Crippen LogP contribution in [0.1, 0.15) is 11.1 Å². The quantitative estimate of drug-likeness (QED) is 0.764. The molecule has 20 heavy (non-hydrogen) atoms. The van der Waals surface area contributed by atoms with E-state index in [0.717, 1.165) is 23.7 Å². The highest BCUT2D eigenvalue weighted by Gasteiger charge is 2.07. The van der Waals surface area contributed by atoms with Crippen molar-refractivity contribution in [2.75, 3.05) is 7.05 Å². The first-order valence-corrected chi connectivity index (χ1v) is 7.12. The average molecular weight is 285 g/mol. The van der Waals surface area contributed by atoms with Crippen molar-refractivity contribution in [1.82, 2.24) is 9.88 Å². The molecule has 0 aliphatic heterocycles. The van der Waals surface area contributed by atoms with Crippen LogP contribution in [0.2, 0.25) is 5.02 Å². The summed E-state index contributed by atoms with van der Waals surface area (Å²) in [5.74, 6) is 0. The van der Waals surface area contributed by atoms with Crippen LogP contribution in [0.15, 0.2) is 54.7 Å². The van der Waals surface area contributed by atoms with Gasteiger partial charge in [0.25, 0.3) is 0 Å². The lowest BCUT2D eigenvalue weighted by Gasteiger charge is -2.11. The minimum Gasteiger partial charge on any atom is -0.343 e. The van der Waals surface area contributed by atoms with Crippen molar-refractivity contribution in [2.45, 2.75) is 13.1 Å². The van der Waals surface area contributed by atoms with E-state index in [1.807, 2.05) is 25.2 Å². The summed E-state index contributed by atoms with van der Waals surface area (Å²) in [6.07, 6.45) is 2.13. The summed E-state index contributed by atoms with van der Waals surface area (Å²) in [4.78, 5) is 0. The molecule has 0 saturated heterocycles. The first-order valence-electron chi connectivity index (χ1n) is 6.74. The van der Waals surface area contributed by atoms with E-state index in [0.29, 0.717) is 0 Å². The average Bonchev–Trinajstić information content (AvgIpc) is 2.86. The third-order valence-electron chi connectivity index (χ3n) is 3.54. The molecule has 0 amide bonds. The Bertz CT molecular complexity index is 731. The highest BCUT2D eigenvalue weighted by Crippen LogP contribution is 2.23. The molecule has 0 aliphatic rings. The summed E-state index contributed by atoms with van der Waals surface area (Å²) < 4.78 is 2.27. The van der Waals surface area contributed by atoms with Gasteiger partial charge in [-0.1, -0.05) is 48.0 Å². The SMILES string of the molecule is CNCc1cccc2ccn(Cc3ccccc3Cl)c12. The van der Waals surface area contributed by atoms with E-state index in [2.05, 4.69) is 46.4 Å². The normalized spacial score (nSPS) is 11.1. The number of hydrogen-bond acceptors (Lipinski definition) is 1. The second kappa shape index (κ2) is 5.70. The Hall–Kier alpha value is -1.77. The molecule has 1 heterocycles.